The Morgan fingerprint density at radius 2 is 1.88 bits per heavy atom. The topological polar surface area (TPSA) is 104 Å². The van der Waals surface area contributed by atoms with Crippen LogP contribution in [0.2, 0.25) is 0 Å². The van der Waals surface area contributed by atoms with Gasteiger partial charge in [-0.05, 0) is 62.2 Å². The highest BCUT2D eigenvalue weighted by atomic mass is 19.1. The zero-order valence-corrected chi connectivity index (χ0v) is 23.3. The largest absolute Gasteiger partial charge is 0.493 e. The van der Waals surface area contributed by atoms with Gasteiger partial charge in [0.1, 0.15) is 17.4 Å². The van der Waals surface area contributed by atoms with Crippen LogP contribution in [0.5, 0.6) is 17.2 Å². The van der Waals surface area contributed by atoms with Crippen LogP contribution in [0.3, 0.4) is 0 Å². The lowest BCUT2D eigenvalue weighted by Gasteiger charge is -2.26. The lowest BCUT2D eigenvalue weighted by atomic mass is 10.0. The number of carbonyl (C=O) groups is 2. The number of nitrogens with zero attached hydrogens (tertiary/aromatic N) is 3. The number of para-hydroxylation sites is 1. The molecule has 1 aliphatic heterocycles. The van der Waals surface area contributed by atoms with Gasteiger partial charge in [-0.3, -0.25) is 14.6 Å². The third kappa shape index (κ3) is 5.50. The van der Waals surface area contributed by atoms with Crippen molar-refractivity contribution in [3.63, 3.8) is 0 Å². The zero-order valence-electron chi connectivity index (χ0n) is 23.3. The third-order valence-electron chi connectivity index (χ3n) is 7.90. The normalized spacial score (nSPS) is 19.6. The van der Waals surface area contributed by atoms with Crippen LogP contribution in [0, 0.1) is 11.7 Å². The van der Waals surface area contributed by atoms with Crippen LogP contribution >= 0.6 is 0 Å². The summed E-state index contributed by atoms with van der Waals surface area (Å²) in [5.41, 5.74) is 0.915. The van der Waals surface area contributed by atoms with Gasteiger partial charge in [-0.25, -0.2) is 14.4 Å². The summed E-state index contributed by atoms with van der Waals surface area (Å²) < 4.78 is 26.8. The average molecular weight is 571 g/mol. The fourth-order valence-electron chi connectivity index (χ4n) is 5.13. The van der Waals surface area contributed by atoms with E-state index < -0.39 is 29.3 Å². The van der Waals surface area contributed by atoms with E-state index in [-0.39, 0.29) is 17.3 Å². The minimum Gasteiger partial charge on any atom is -0.493 e. The van der Waals surface area contributed by atoms with E-state index in [9.17, 15) is 14.7 Å². The number of anilines is 2. The van der Waals surface area contributed by atoms with Crippen molar-refractivity contribution in [2.24, 2.45) is 5.92 Å². The molecule has 2 atom stereocenters. The molecule has 4 aromatic rings. The predicted octanol–water partition coefficient (Wildman–Crippen LogP) is 5.30. The highest BCUT2D eigenvalue weighted by Crippen LogP contribution is 2.38. The van der Waals surface area contributed by atoms with Crippen LogP contribution in [-0.2, 0) is 9.59 Å². The number of hydrazine groups is 1. The summed E-state index contributed by atoms with van der Waals surface area (Å²) in [7, 11) is 1.76. The number of ether oxygens (including phenoxy) is 2. The summed E-state index contributed by atoms with van der Waals surface area (Å²) in [6.45, 7) is 2.21. The Bertz CT molecular complexity index is 1650. The van der Waals surface area contributed by atoms with Crippen molar-refractivity contribution in [3.8, 4) is 17.2 Å². The number of benzene rings is 3. The van der Waals surface area contributed by atoms with Crippen molar-refractivity contribution in [1.82, 2.24) is 9.99 Å². The highest BCUT2D eigenvalue weighted by Gasteiger charge is 2.47. The molecular formula is C32H31FN4O5. The fourth-order valence-corrected chi connectivity index (χ4v) is 5.13. The van der Waals surface area contributed by atoms with E-state index in [4.69, 9.17) is 9.47 Å². The molecule has 0 radical (unpaired) electrons. The van der Waals surface area contributed by atoms with Crippen LogP contribution in [-0.4, -0.2) is 52.2 Å². The summed E-state index contributed by atoms with van der Waals surface area (Å²) >= 11 is 0. The summed E-state index contributed by atoms with van der Waals surface area (Å²) in [6, 6.07) is 19.8. The molecule has 1 aromatic heterocycles. The molecule has 3 aromatic carbocycles. The third-order valence-corrected chi connectivity index (χ3v) is 7.90. The minimum atomic E-state index is -0.968. The first-order valence-corrected chi connectivity index (χ1v) is 13.9. The van der Waals surface area contributed by atoms with Gasteiger partial charge in [-0.2, -0.15) is 0 Å². The first-order chi connectivity index (χ1) is 20.2. The van der Waals surface area contributed by atoms with Crippen LogP contribution in [0.4, 0.5) is 15.8 Å². The standard InChI is InChI=1S/C32H31FN4O5/c1-20-29(31(39)37(36(20)2)22-6-4-3-5-7-22)30(38)35-21-8-11-28(25(33)18-21)42-27-12-16-34-26-19-23(9-10-24(26)27)41-17-15-32(40)13-14-32/h3-12,16,18-20,29,40H,13-15,17H2,1-2H3,(H,35,38). The second-order valence-corrected chi connectivity index (χ2v) is 10.8. The molecule has 2 N–H and O–H groups in total. The second kappa shape index (κ2) is 11.0. The van der Waals surface area contributed by atoms with Crippen molar-refractivity contribution in [2.75, 3.05) is 24.0 Å². The molecule has 42 heavy (non-hydrogen) atoms. The molecular weight excluding hydrogens is 539 g/mol. The number of hydrogen-bond donors (Lipinski definition) is 2. The first-order valence-electron chi connectivity index (χ1n) is 13.9. The number of nitrogens with one attached hydrogen (secondary N) is 1. The number of pyridine rings is 1. The van der Waals surface area contributed by atoms with E-state index >= 15 is 4.39 Å². The van der Waals surface area contributed by atoms with Crippen LogP contribution in [0.15, 0.2) is 79.0 Å². The Hall–Kier alpha value is -4.54. The molecule has 0 spiro atoms. The Morgan fingerprint density at radius 3 is 2.62 bits per heavy atom. The summed E-state index contributed by atoms with van der Waals surface area (Å²) in [4.78, 5) is 30.8. The van der Waals surface area contributed by atoms with Crippen molar-refractivity contribution >= 4 is 34.1 Å². The molecule has 2 unspecified atom stereocenters. The Morgan fingerprint density at radius 1 is 1.10 bits per heavy atom. The molecule has 2 amide bonds. The van der Waals surface area contributed by atoms with Crippen molar-refractivity contribution in [2.45, 2.75) is 37.8 Å². The lowest BCUT2D eigenvalue weighted by molar-refractivity contribution is -0.129. The zero-order chi connectivity index (χ0) is 29.4. The van der Waals surface area contributed by atoms with Gasteiger partial charge in [-0.15, -0.1) is 0 Å². The molecule has 1 aliphatic carbocycles. The van der Waals surface area contributed by atoms with E-state index in [0.29, 0.717) is 41.1 Å². The van der Waals surface area contributed by atoms with E-state index in [1.54, 1.807) is 61.6 Å². The van der Waals surface area contributed by atoms with E-state index in [1.807, 2.05) is 18.2 Å². The van der Waals surface area contributed by atoms with Crippen LogP contribution in [0.25, 0.3) is 10.9 Å². The summed E-state index contributed by atoms with van der Waals surface area (Å²) in [5, 5.41) is 16.6. The van der Waals surface area contributed by atoms with Gasteiger partial charge >= 0.3 is 0 Å². The number of halogens is 1. The molecule has 9 nitrogen and oxygen atoms in total. The molecule has 6 rings (SSSR count). The predicted molar refractivity (Wildman–Crippen MR) is 156 cm³/mol. The number of fused-ring (bicyclic) bond motifs is 1. The van der Waals surface area contributed by atoms with E-state index in [0.717, 1.165) is 12.8 Å². The number of hydrogen-bond acceptors (Lipinski definition) is 7. The van der Waals surface area contributed by atoms with Gasteiger partial charge in [0.25, 0.3) is 5.91 Å². The van der Waals surface area contributed by atoms with Gasteiger partial charge in [-0.1, -0.05) is 18.2 Å². The molecule has 2 fully saturated rings. The maximum atomic E-state index is 15.2. The van der Waals surface area contributed by atoms with Crippen LogP contribution in [0.1, 0.15) is 26.2 Å². The molecule has 216 valence electrons. The minimum absolute atomic E-state index is 0.0289. The quantitative estimate of drug-likeness (QED) is 0.263. The average Bonchev–Trinajstić information content (AvgIpc) is 3.66. The van der Waals surface area contributed by atoms with Crippen molar-refractivity contribution < 1.29 is 28.6 Å². The molecule has 0 bridgehead atoms. The Balaban J connectivity index is 1.13. The molecule has 10 heteroatoms. The Kier molecular flexibility index (Phi) is 7.26. The SMILES string of the molecule is CC1C(C(=O)Nc2ccc(Oc3ccnc4cc(OCCC5(O)CC5)ccc34)c(F)c2)C(=O)N(c2ccccc2)N1C. The van der Waals surface area contributed by atoms with Gasteiger partial charge < -0.3 is 19.9 Å². The number of rotatable bonds is 9. The van der Waals surface area contributed by atoms with E-state index in [1.165, 1.54) is 23.2 Å². The Labute approximate surface area is 242 Å². The number of aromatic nitrogens is 1. The maximum absolute atomic E-state index is 15.2. The second-order valence-electron chi connectivity index (χ2n) is 10.8. The number of amides is 2. The molecule has 1 saturated carbocycles. The van der Waals surface area contributed by atoms with E-state index in [2.05, 4.69) is 10.3 Å². The lowest BCUT2D eigenvalue weighted by Crippen LogP contribution is -2.38. The van der Waals surface area contributed by atoms with Crippen molar-refractivity contribution in [1.29, 1.82) is 0 Å². The smallest absolute Gasteiger partial charge is 0.255 e. The van der Waals surface area contributed by atoms with Gasteiger partial charge in [0.15, 0.2) is 11.6 Å². The maximum Gasteiger partial charge on any atom is 0.255 e. The first kappa shape index (κ1) is 27.6. The summed E-state index contributed by atoms with van der Waals surface area (Å²) in [6.07, 6.45) is 3.77. The molecule has 1 saturated heterocycles. The number of carbonyl (C=O) groups excluding carboxylic acids is 2. The van der Waals surface area contributed by atoms with Crippen molar-refractivity contribution in [3.05, 3.63) is 84.8 Å². The van der Waals surface area contributed by atoms with Gasteiger partial charge in [0, 0.05) is 48.9 Å². The monoisotopic (exact) mass is 570 g/mol. The van der Waals surface area contributed by atoms with Gasteiger partial charge in [0.2, 0.25) is 5.91 Å². The highest BCUT2D eigenvalue weighted by molar-refractivity contribution is 6.13. The fraction of sp³-hybridized carbons (Fsp3) is 0.281. The van der Waals surface area contributed by atoms with Crippen LogP contribution < -0.4 is 19.8 Å². The molecule has 2 heterocycles. The summed E-state index contributed by atoms with van der Waals surface area (Å²) in [5.74, 6) is -1.52. The van der Waals surface area contributed by atoms with Gasteiger partial charge in [0.05, 0.1) is 23.4 Å². The number of aliphatic hydroxyl groups is 1. The molecule has 2 aliphatic rings.